The predicted octanol–water partition coefficient (Wildman–Crippen LogP) is 1.10. The van der Waals surface area contributed by atoms with Gasteiger partial charge in [-0.2, -0.15) is 5.10 Å². The van der Waals surface area contributed by atoms with Crippen molar-refractivity contribution < 1.29 is 0 Å². The molecule has 2 aromatic heterocycles. The average Bonchev–Trinajstić information content (AvgIpc) is 2.80. The van der Waals surface area contributed by atoms with Gasteiger partial charge >= 0.3 is 0 Å². The lowest BCUT2D eigenvalue weighted by molar-refractivity contribution is 0.668. The number of rotatable bonds is 4. The summed E-state index contributed by atoms with van der Waals surface area (Å²) in [6.45, 7) is 3.73. The smallest absolute Gasteiger partial charge is 0.203 e. The van der Waals surface area contributed by atoms with Crippen molar-refractivity contribution in [2.45, 2.75) is 13.5 Å². The fourth-order valence-electron chi connectivity index (χ4n) is 1.49. The van der Waals surface area contributed by atoms with Gasteiger partial charge in [0, 0.05) is 32.2 Å². The monoisotopic (exact) mass is 205 g/mol. The van der Waals surface area contributed by atoms with Crippen LogP contribution in [0.4, 0.5) is 5.95 Å². The summed E-state index contributed by atoms with van der Waals surface area (Å²) in [5, 5.41) is 7.35. The maximum atomic E-state index is 4.24. The first kappa shape index (κ1) is 9.76. The van der Waals surface area contributed by atoms with Gasteiger partial charge in [0.1, 0.15) is 0 Å². The van der Waals surface area contributed by atoms with E-state index in [1.807, 2.05) is 24.0 Å². The highest BCUT2D eigenvalue weighted by molar-refractivity contribution is 5.26. The highest BCUT2D eigenvalue weighted by Crippen LogP contribution is 2.07. The second-order valence-electron chi connectivity index (χ2n) is 3.36. The number of nitrogens with zero attached hydrogens (tertiary/aromatic N) is 4. The lowest BCUT2D eigenvalue weighted by Gasteiger charge is -2.08. The largest absolute Gasteiger partial charge is 0.356 e. The van der Waals surface area contributed by atoms with Crippen molar-refractivity contribution >= 4 is 5.95 Å². The second kappa shape index (κ2) is 4.16. The van der Waals surface area contributed by atoms with E-state index in [1.165, 1.54) is 0 Å². The first-order chi connectivity index (χ1) is 7.31. The Balaban J connectivity index is 2.17. The van der Waals surface area contributed by atoms with Gasteiger partial charge in [-0.3, -0.25) is 4.68 Å². The van der Waals surface area contributed by atoms with Crippen molar-refractivity contribution in [3.05, 3.63) is 30.4 Å². The molecule has 0 aliphatic rings. The number of nitrogens with one attached hydrogen (secondary N) is 1. The van der Waals surface area contributed by atoms with Gasteiger partial charge in [0.2, 0.25) is 5.95 Å². The Morgan fingerprint density at radius 3 is 2.93 bits per heavy atom. The van der Waals surface area contributed by atoms with Crippen LogP contribution in [0.2, 0.25) is 0 Å². The summed E-state index contributed by atoms with van der Waals surface area (Å²) in [4.78, 5) is 4.24. The van der Waals surface area contributed by atoms with E-state index in [-0.39, 0.29) is 0 Å². The Morgan fingerprint density at radius 2 is 2.27 bits per heavy atom. The molecule has 0 atom stereocenters. The number of hydrogen-bond donors (Lipinski definition) is 1. The van der Waals surface area contributed by atoms with Crippen molar-refractivity contribution in [1.82, 2.24) is 19.3 Å². The SMILES string of the molecule is CCNc1nccn1Cc1ccnn1C. The Kier molecular flexibility index (Phi) is 2.71. The van der Waals surface area contributed by atoms with Gasteiger partial charge < -0.3 is 9.88 Å². The summed E-state index contributed by atoms with van der Waals surface area (Å²) in [6, 6.07) is 2.01. The molecule has 5 nitrogen and oxygen atoms in total. The Morgan fingerprint density at radius 1 is 1.40 bits per heavy atom. The van der Waals surface area contributed by atoms with Crippen molar-refractivity contribution in [1.29, 1.82) is 0 Å². The molecule has 0 amide bonds. The van der Waals surface area contributed by atoms with E-state index in [0.29, 0.717) is 0 Å². The minimum atomic E-state index is 0.791. The Hall–Kier alpha value is -1.78. The molecule has 0 spiro atoms. The van der Waals surface area contributed by atoms with Crippen LogP contribution in [-0.4, -0.2) is 25.9 Å². The third kappa shape index (κ3) is 2.01. The lowest BCUT2D eigenvalue weighted by Crippen LogP contribution is -2.09. The molecule has 15 heavy (non-hydrogen) atoms. The Bertz CT molecular complexity index is 428. The number of aryl methyl sites for hydroxylation is 1. The van der Waals surface area contributed by atoms with Gasteiger partial charge in [-0.15, -0.1) is 0 Å². The number of hydrogen-bond acceptors (Lipinski definition) is 3. The molecule has 0 aliphatic heterocycles. The molecule has 0 radical (unpaired) electrons. The van der Waals surface area contributed by atoms with Gasteiger partial charge in [-0.25, -0.2) is 4.98 Å². The lowest BCUT2D eigenvalue weighted by atomic mass is 10.4. The van der Waals surface area contributed by atoms with Crippen LogP contribution in [0.5, 0.6) is 0 Å². The summed E-state index contributed by atoms with van der Waals surface area (Å²) in [5.41, 5.74) is 1.16. The van der Waals surface area contributed by atoms with E-state index in [1.54, 1.807) is 12.4 Å². The van der Waals surface area contributed by atoms with E-state index in [2.05, 4.69) is 26.9 Å². The maximum absolute atomic E-state index is 4.24. The molecule has 0 saturated heterocycles. The highest BCUT2D eigenvalue weighted by atomic mass is 15.3. The minimum Gasteiger partial charge on any atom is -0.356 e. The van der Waals surface area contributed by atoms with Gasteiger partial charge in [0.15, 0.2) is 0 Å². The van der Waals surface area contributed by atoms with Crippen molar-refractivity contribution in [2.24, 2.45) is 7.05 Å². The summed E-state index contributed by atoms with van der Waals surface area (Å²) in [5.74, 6) is 0.902. The number of imidazole rings is 1. The van der Waals surface area contributed by atoms with Crippen LogP contribution >= 0.6 is 0 Å². The third-order valence-corrected chi connectivity index (χ3v) is 2.31. The summed E-state index contributed by atoms with van der Waals surface area (Å²) in [7, 11) is 1.94. The van der Waals surface area contributed by atoms with Crippen LogP contribution in [-0.2, 0) is 13.6 Å². The van der Waals surface area contributed by atoms with Crippen LogP contribution in [0.3, 0.4) is 0 Å². The fraction of sp³-hybridized carbons (Fsp3) is 0.400. The van der Waals surface area contributed by atoms with Gasteiger partial charge in [-0.1, -0.05) is 0 Å². The van der Waals surface area contributed by atoms with Crippen LogP contribution in [0.15, 0.2) is 24.7 Å². The molecule has 0 unspecified atom stereocenters. The first-order valence-electron chi connectivity index (χ1n) is 5.03. The minimum absolute atomic E-state index is 0.791. The molecule has 0 saturated carbocycles. The van der Waals surface area contributed by atoms with Crippen LogP contribution in [0.1, 0.15) is 12.6 Å². The standard InChI is InChI=1S/C10H15N5/c1-3-11-10-12-6-7-15(10)8-9-4-5-13-14(9)2/h4-7H,3,8H2,1-2H3,(H,11,12). The van der Waals surface area contributed by atoms with Crippen molar-refractivity contribution in [3.8, 4) is 0 Å². The van der Waals surface area contributed by atoms with Crippen LogP contribution in [0.25, 0.3) is 0 Å². The normalized spacial score (nSPS) is 10.5. The summed E-state index contributed by atoms with van der Waals surface area (Å²) in [6.07, 6.45) is 5.57. The van der Waals surface area contributed by atoms with Gasteiger partial charge in [0.05, 0.1) is 12.2 Å². The molecular weight excluding hydrogens is 190 g/mol. The molecule has 2 rings (SSSR count). The fourth-order valence-corrected chi connectivity index (χ4v) is 1.49. The molecule has 0 fully saturated rings. The number of anilines is 1. The quantitative estimate of drug-likeness (QED) is 0.813. The molecular formula is C10H15N5. The average molecular weight is 205 g/mol. The zero-order valence-electron chi connectivity index (χ0n) is 9.01. The highest BCUT2D eigenvalue weighted by Gasteiger charge is 2.04. The number of aromatic nitrogens is 4. The first-order valence-corrected chi connectivity index (χ1v) is 5.03. The Labute approximate surface area is 88.7 Å². The predicted molar refractivity (Wildman–Crippen MR) is 58.7 cm³/mol. The van der Waals surface area contributed by atoms with Crippen LogP contribution < -0.4 is 5.32 Å². The van der Waals surface area contributed by atoms with Gasteiger partial charge in [-0.05, 0) is 13.0 Å². The summed E-state index contributed by atoms with van der Waals surface area (Å²) >= 11 is 0. The zero-order valence-corrected chi connectivity index (χ0v) is 9.01. The van der Waals surface area contributed by atoms with E-state index < -0.39 is 0 Å². The molecule has 0 bridgehead atoms. The topological polar surface area (TPSA) is 47.7 Å². The van der Waals surface area contributed by atoms with E-state index in [0.717, 1.165) is 24.7 Å². The molecule has 0 aliphatic carbocycles. The van der Waals surface area contributed by atoms with Crippen molar-refractivity contribution in [2.75, 3.05) is 11.9 Å². The molecule has 2 heterocycles. The molecule has 80 valence electrons. The maximum Gasteiger partial charge on any atom is 0.203 e. The van der Waals surface area contributed by atoms with Crippen LogP contribution in [0, 0.1) is 0 Å². The second-order valence-corrected chi connectivity index (χ2v) is 3.36. The van der Waals surface area contributed by atoms with E-state index >= 15 is 0 Å². The molecule has 2 aromatic rings. The third-order valence-electron chi connectivity index (χ3n) is 2.31. The molecule has 1 N–H and O–H groups in total. The summed E-state index contributed by atoms with van der Waals surface area (Å²) < 4.78 is 3.94. The molecule has 0 aromatic carbocycles. The zero-order chi connectivity index (χ0) is 10.7. The van der Waals surface area contributed by atoms with Crippen molar-refractivity contribution in [3.63, 3.8) is 0 Å². The van der Waals surface area contributed by atoms with E-state index in [4.69, 9.17) is 0 Å². The van der Waals surface area contributed by atoms with E-state index in [9.17, 15) is 0 Å². The van der Waals surface area contributed by atoms with Gasteiger partial charge in [0.25, 0.3) is 0 Å². The molecule has 5 heteroatoms.